The van der Waals surface area contributed by atoms with Gasteiger partial charge in [-0.15, -0.1) is 0 Å². The van der Waals surface area contributed by atoms with Gasteiger partial charge in [-0.3, -0.25) is 4.79 Å². The fraction of sp³-hybridized carbons (Fsp3) is 0.400. The van der Waals surface area contributed by atoms with Crippen LogP contribution in [0.3, 0.4) is 0 Å². The number of nitrogens with zero attached hydrogens (tertiary/aromatic N) is 2. The number of carbonyl (C=O) groups excluding carboxylic acids is 1. The highest BCUT2D eigenvalue weighted by atomic mass is 19.1. The molecular formula is C25H29FN4O. The molecule has 5 rings (SSSR count). The summed E-state index contributed by atoms with van der Waals surface area (Å²) in [6.07, 6.45) is 4.97. The molecular weight excluding hydrogens is 391 g/mol. The lowest BCUT2D eigenvalue weighted by Gasteiger charge is -2.44. The average molecular weight is 421 g/mol. The molecule has 2 aromatic carbocycles. The van der Waals surface area contributed by atoms with Crippen LogP contribution in [0.1, 0.15) is 41.7 Å². The number of likely N-dealkylation sites (tertiary alicyclic amines) is 1. The number of nitrogens with one attached hydrogen (secondary N) is 2. The minimum atomic E-state index is -0.325. The summed E-state index contributed by atoms with van der Waals surface area (Å²) < 4.78 is 14.1. The van der Waals surface area contributed by atoms with E-state index in [1.807, 2.05) is 25.1 Å². The van der Waals surface area contributed by atoms with E-state index >= 15 is 0 Å². The number of H-pyrrole nitrogens is 1. The summed E-state index contributed by atoms with van der Waals surface area (Å²) in [6.45, 7) is 5.17. The molecule has 0 aliphatic carbocycles. The van der Waals surface area contributed by atoms with Crippen molar-refractivity contribution in [3.05, 3.63) is 59.5 Å². The largest absolute Gasteiger partial charge is 0.371 e. The van der Waals surface area contributed by atoms with Crippen molar-refractivity contribution in [2.24, 2.45) is 0 Å². The number of hydrogen-bond acceptors (Lipinski definition) is 3. The maximum absolute atomic E-state index is 14.1. The first kappa shape index (κ1) is 20.1. The van der Waals surface area contributed by atoms with Crippen molar-refractivity contribution in [2.45, 2.75) is 38.1 Å². The molecule has 3 heterocycles. The molecule has 6 heteroatoms. The predicted octanol–water partition coefficient (Wildman–Crippen LogP) is 4.93. The molecule has 0 bridgehead atoms. The van der Waals surface area contributed by atoms with Crippen molar-refractivity contribution < 1.29 is 9.18 Å². The number of rotatable bonds is 3. The minimum Gasteiger partial charge on any atom is -0.371 e. The SMILES string of the molecule is Cc1ccc(F)c2cc(C(=O)Nc3cccc(N4CCC5(CCCN5C)CC4)c3)[nH]c12. The highest BCUT2D eigenvalue weighted by molar-refractivity contribution is 6.06. The lowest BCUT2D eigenvalue weighted by Crippen LogP contribution is -2.50. The number of aromatic nitrogens is 1. The molecule has 162 valence electrons. The second kappa shape index (κ2) is 7.68. The number of aryl methyl sites for hydroxylation is 1. The lowest BCUT2D eigenvalue weighted by molar-refractivity contribution is 0.102. The second-order valence-electron chi connectivity index (χ2n) is 9.08. The zero-order valence-corrected chi connectivity index (χ0v) is 18.2. The standard InChI is InChI=1S/C25H29FN4O/c1-17-7-8-21(26)20-16-22(28-23(17)20)24(31)27-18-5-3-6-19(15-18)30-13-10-25(11-14-30)9-4-12-29(25)2/h3,5-8,15-16,28H,4,9-14H2,1-2H3,(H,27,31). The third-order valence-electron chi connectivity index (χ3n) is 7.30. The number of fused-ring (bicyclic) bond motifs is 1. The van der Waals surface area contributed by atoms with E-state index in [9.17, 15) is 9.18 Å². The van der Waals surface area contributed by atoms with Gasteiger partial charge >= 0.3 is 0 Å². The second-order valence-corrected chi connectivity index (χ2v) is 9.08. The number of amides is 1. The molecule has 0 saturated carbocycles. The van der Waals surface area contributed by atoms with E-state index in [1.165, 1.54) is 38.3 Å². The maximum atomic E-state index is 14.1. The van der Waals surface area contributed by atoms with E-state index in [4.69, 9.17) is 0 Å². The molecule has 5 nitrogen and oxygen atoms in total. The topological polar surface area (TPSA) is 51.4 Å². The van der Waals surface area contributed by atoms with E-state index < -0.39 is 0 Å². The van der Waals surface area contributed by atoms with Crippen LogP contribution in [0, 0.1) is 12.7 Å². The molecule has 2 fully saturated rings. The van der Waals surface area contributed by atoms with Gasteiger partial charge in [0.2, 0.25) is 0 Å². The summed E-state index contributed by atoms with van der Waals surface area (Å²) in [5.41, 5.74) is 4.19. The van der Waals surface area contributed by atoms with Gasteiger partial charge in [0.1, 0.15) is 11.5 Å². The predicted molar refractivity (Wildman–Crippen MR) is 123 cm³/mol. The first-order chi connectivity index (χ1) is 14.9. The number of carbonyl (C=O) groups is 1. The van der Waals surface area contributed by atoms with Crippen molar-refractivity contribution in [1.29, 1.82) is 0 Å². The van der Waals surface area contributed by atoms with Gasteiger partial charge in [0.25, 0.3) is 5.91 Å². The summed E-state index contributed by atoms with van der Waals surface area (Å²) in [7, 11) is 2.26. The summed E-state index contributed by atoms with van der Waals surface area (Å²) in [6, 6.07) is 12.7. The Morgan fingerprint density at radius 3 is 2.61 bits per heavy atom. The Morgan fingerprint density at radius 1 is 1.10 bits per heavy atom. The van der Waals surface area contributed by atoms with Gasteiger partial charge in [-0.25, -0.2) is 4.39 Å². The van der Waals surface area contributed by atoms with Crippen LogP contribution >= 0.6 is 0 Å². The number of piperidine rings is 1. The number of benzene rings is 2. The number of aromatic amines is 1. The van der Waals surface area contributed by atoms with Crippen LogP contribution in [0.15, 0.2) is 42.5 Å². The van der Waals surface area contributed by atoms with E-state index in [2.05, 4.69) is 33.2 Å². The summed E-state index contributed by atoms with van der Waals surface area (Å²) in [5, 5.41) is 3.41. The number of anilines is 2. The van der Waals surface area contributed by atoms with Crippen molar-refractivity contribution in [3.8, 4) is 0 Å². The Balaban J connectivity index is 1.30. The van der Waals surface area contributed by atoms with Crippen LogP contribution in [0.2, 0.25) is 0 Å². The Bertz CT molecular complexity index is 1090. The monoisotopic (exact) mass is 420 g/mol. The Kier molecular flexibility index (Phi) is 4.97. The normalized spacial score (nSPS) is 18.7. The van der Waals surface area contributed by atoms with Gasteiger partial charge in [-0.05, 0) is 82.1 Å². The quantitative estimate of drug-likeness (QED) is 0.632. The summed E-state index contributed by atoms with van der Waals surface area (Å²) >= 11 is 0. The zero-order chi connectivity index (χ0) is 21.6. The van der Waals surface area contributed by atoms with Crippen LogP contribution in [0.5, 0.6) is 0 Å². The highest BCUT2D eigenvalue weighted by Gasteiger charge is 2.41. The molecule has 1 spiro atoms. The molecule has 0 atom stereocenters. The van der Waals surface area contributed by atoms with Crippen molar-refractivity contribution >= 4 is 28.2 Å². The van der Waals surface area contributed by atoms with Gasteiger partial charge in [-0.2, -0.15) is 0 Å². The van der Waals surface area contributed by atoms with Gasteiger partial charge in [0, 0.05) is 35.4 Å². The van der Waals surface area contributed by atoms with Crippen LogP contribution in [-0.2, 0) is 0 Å². The van der Waals surface area contributed by atoms with Crippen molar-refractivity contribution in [3.63, 3.8) is 0 Å². The molecule has 0 radical (unpaired) electrons. The first-order valence-electron chi connectivity index (χ1n) is 11.1. The fourth-order valence-corrected chi connectivity index (χ4v) is 5.31. The summed E-state index contributed by atoms with van der Waals surface area (Å²) in [5.74, 6) is -0.592. The fourth-order valence-electron chi connectivity index (χ4n) is 5.31. The van der Waals surface area contributed by atoms with Crippen LogP contribution < -0.4 is 10.2 Å². The molecule has 2 N–H and O–H groups in total. The third kappa shape index (κ3) is 3.59. The molecule has 2 aliphatic heterocycles. The number of hydrogen-bond donors (Lipinski definition) is 2. The highest BCUT2D eigenvalue weighted by Crippen LogP contribution is 2.38. The Hall–Kier alpha value is -2.86. The number of halogens is 1. The molecule has 2 saturated heterocycles. The molecule has 0 unspecified atom stereocenters. The lowest BCUT2D eigenvalue weighted by atomic mass is 9.85. The minimum absolute atomic E-state index is 0.266. The Labute approximate surface area is 182 Å². The van der Waals surface area contributed by atoms with E-state index in [0.717, 1.165) is 30.0 Å². The maximum Gasteiger partial charge on any atom is 0.272 e. The molecule has 1 aromatic heterocycles. The molecule has 2 aliphatic rings. The zero-order valence-electron chi connectivity index (χ0n) is 18.2. The van der Waals surface area contributed by atoms with Crippen LogP contribution in [0.25, 0.3) is 10.9 Å². The molecule has 3 aromatic rings. The van der Waals surface area contributed by atoms with E-state index in [0.29, 0.717) is 22.1 Å². The van der Waals surface area contributed by atoms with Gasteiger partial charge in [-0.1, -0.05) is 12.1 Å². The van der Waals surface area contributed by atoms with Crippen LogP contribution in [-0.4, -0.2) is 48.0 Å². The van der Waals surface area contributed by atoms with E-state index in [-0.39, 0.29) is 11.7 Å². The molecule has 31 heavy (non-hydrogen) atoms. The average Bonchev–Trinajstić information content (AvgIpc) is 3.37. The van der Waals surface area contributed by atoms with Gasteiger partial charge < -0.3 is 20.1 Å². The van der Waals surface area contributed by atoms with E-state index in [1.54, 1.807) is 12.1 Å². The summed E-state index contributed by atoms with van der Waals surface area (Å²) in [4.78, 5) is 20.8. The van der Waals surface area contributed by atoms with Gasteiger partial charge in [0.15, 0.2) is 0 Å². The van der Waals surface area contributed by atoms with Crippen molar-refractivity contribution in [1.82, 2.24) is 9.88 Å². The smallest absolute Gasteiger partial charge is 0.272 e. The van der Waals surface area contributed by atoms with Crippen LogP contribution in [0.4, 0.5) is 15.8 Å². The van der Waals surface area contributed by atoms with Gasteiger partial charge in [0.05, 0.1) is 5.52 Å². The van der Waals surface area contributed by atoms with Crippen molar-refractivity contribution in [2.75, 3.05) is 36.9 Å². The molecule has 1 amide bonds. The first-order valence-corrected chi connectivity index (χ1v) is 11.1. The Morgan fingerprint density at radius 2 is 1.90 bits per heavy atom. The third-order valence-corrected chi connectivity index (χ3v) is 7.30.